The number of halogens is 1. The number of rotatable bonds is 9. The summed E-state index contributed by atoms with van der Waals surface area (Å²) in [5.74, 6) is 0.334. The van der Waals surface area contributed by atoms with E-state index in [4.69, 9.17) is 20.8 Å². The van der Waals surface area contributed by atoms with Crippen LogP contribution in [0.4, 0.5) is 0 Å². The van der Waals surface area contributed by atoms with E-state index in [2.05, 4.69) is 10.3 Å². The number of benzene rings is 1. The second-order valence-corrected chi connectivity index (χ2v) is 6.69. The summed E-state index contributed by atoms with van der Waals surface area (Å²) in [5.41, 5.74) is 0.751. The van der Waals surface area contributed by atoms with Gasteiger partial charge in [-0.1, -0.05) is 44.0 Å². The lowest BCUT2D eigenvalue weighted by Gasteiger charge is -2.22. The minimum atomic E-state index is -0.648. The molecule has 1 aromatic heterocycles. The SMILES string of the molecule is CCOC(=O)[C@H](NC(=O)CCc1ncc(-c2ccccc2Cl)o1)[C@H](C)CC. The Hall–Kier alpha value is -2.34. The van der Waals surface area contributed by atoms with E-state index in [9.17, 15) is 9.59 Å². The molecular formula is C20H25ClN2O4. The topological polar surface area (TPSA) is 81.4 Å². The van der Waals surface area contributed by atoms with Gasteiger partial charge in [0.05, 0.1) is 17.8 Å². The number of oxazole rings is 1. The second kappa shape index (κ2) is 10.1. The number of amides is 1. The smallest absolute Gasteiger partial charge is 0.328 e. The standard InChI is InChI=1S/C20H25ClN2O4/c1-4-13(3)19(20(25)26-5-2)23-17(24)10-11-18-22-12-16(27-18)14-8-6-7-9-15(14)21/h6-9,12-13,19H,4-5,10-11H2,1-3H3,(H,23,24)/t13-,19-/m1/s1. The Bertz CT molecular complexity index is 775. The third-order valence-electron chi connectivity index (χ3n) is 4.33. The molecule has 2 atom stereocenters. The molecule has 1 N–H and O–H groups in total. The van der Waals surface area contributed by atoms with Crippen molar-refractivity contribution in [3.63, 3.8) is 0 Å². The molecule has 0 spiro atoms. The molecule has 2 rings (SSSR count). The average Bonchev–Trinajstić information content (AvgIpc) is 3.13. The highest BCUT2D eigenvalue weighted by atomic mass is 35.5. The summed E-state index contributed by atoms with van der Waals surface area (Å²) in [5, 5.41) is 3.34. The first-order chi connectivity index (χ1) is 13.0. The number of nitrogens with zero attached hydrogens (tertiary/aromatic N) is 1. The van der Waals surface area contributed by atoms with Gasteiger partial charge in [-0.25, -0.2) is 9.78 Å². The molecule has 0 saturated heterocycles. The van der Waals surface area contributed by atoms with E-state index in [1.165, 1.54) is 0 Å². The Labute approximate surface area is 164 Å². The Morgan fingerprint density at radius 2 is 2.04 bits per heavy atom. The van der Waals surface area contributed by atoms with Crippen LogP contribution in [0.5, 0.6) is 0 Å². The maximum Gasteiger partial charge on any atom is 0.328 e. The van der Waals surface area contributed by atoms with Crippen LogP contribution < -0.4 is 5.32 Å². The summed E-state index contributed by atoms with van der Waals surface area (Å²) < 4.78 is 10.8. The Morgan fingerprint density at radius 1 is 1.30 bits per heavy atom. The summed E-state index contributed by atoms with van der Waals surface area (Å²) in [4.78, 5) is 28.5. The predicted octanol–water partition coefficient (Wildman–Crippen LogP) is 4.02. The van der Waals surface area contributed by atoms with E-state index < -0.39 is 12.0 Å². The van der Waals surface area contributed by atoms with E-state index in [0.29, 0.717) is 23.1 Å². The molecule has 0 bridgehead atoms. The minimum Gasteiger partial charge on any atom is -0.464 e. The highest BCUT2D eigenvalue weighted by Gasteiger charge is 2.27. The molecular weight excluding hydrogens is 368 g/mol. The fourth-order valence-electron chi connectivity index (χ4n) is 2.58. The first kappa shape index (κ1) is 21.0. The van der Waals surface area contributed by atoms with Gasteiger partial charge in [-0.05, 0) is 25.0 Å². The lowest BCUT2D eigenvalue weighted by atomic mass is 9.99. The van der Waals surface area contributed by atoms with E-state index in [1.807, 2.05) is 32.0 Å². The van der Waals surface area contributed by atoms with Crippen molar-refractivity contribution in [3.8, 4) is 11.3 Å². The van der Waals surface area contributed by atoms with Crippen molar-refractivity contribution in [2.45, 2.75) is 46.1 Å². The van der Waals surface area contributed by atoms with Crippen LogP contribution >= 0.6 is 11.6 Å². The zero-order valence-corrected chi connectivity index (χ0v) is 16.6. The summed E-state index contributed by atoms with van der Waals surface area (Å²) in [6.07, 6.45) is 2.83. The highest BCUT2D eigenvalue weighted by molar-refractivity contribution is 6.33. The molecule has 0 aliphatic carbocycles. The molecule has 0 aliphatic rings. The molecule has 1 heterocycles. The number of nitrogens with one attached hydrogen (secondary N) is 1. The average molecular weight is 393 g/mol. The number of aryl methyl sites for hydroxylation is 1. The van der Waals surface area contributed by atoms with Gasteiger partial charge >= 0.3 is 5.97 Å². The van der Waals surface area contributed by atoms with Gasteiger partial charge in [0.15, 0.2) is 11.7 Å². The molecule has 1 aromatic carbocycles. The molecule has 146 valence electrons. The molecule has 1 amide bonds. The molecule has 0 fully saturated rings. The monoisotopic (exact) mass is 392 g/mol. The molecule has 7 heteroatoms. The molecule has 6 nitrogen and oxygen atoms in total. The third-order valence-corrected chi connectivity index (χ3v) is 4.66. The van der Waals surface area contributed by atoms with E-state index >= 15 is 0 Å². The quantitative estimate of drug-likeness (QED) is 0.652. The lowest BCUT2D eigenvalue weighted by Crippen LogP contribution is -2.46. The molecule has 0 saturated carbocycles. The van der Waals surface area contributed by atoms with Crippen LogP contribution in [0.2, 0.25) is 5.02 Å². The molecule has 27 heavy (non-hydrogen) atoms. The van der Waals surface area contributed by atoms with Gasteiger partial charge in [0.25, 0.3) is 0 Å². The van der Waals surface area contributed by atoms with Gasteiger partial charge in [0.1, 0.15) is 6.04 Å². The van der Waals surface area contributed by atoms with Gasteiger partial charge in [0, 0.05) is 18.4 Å². The number of carbonyl (C=O) groups is 2. The van der Waals surface area contributed by atoms with Crippen molar-refractivity contribution in [1.82, 2.24) is 10.3 Å². The summed E-state index contributed by atoms with van der Waals surface area (Å²) in [6.45, 7) is 5.90. The van der Waals surface area contributed by atoms with Gasteiger partial charge in [-0.2, -0.15) is 0 Å². The Morgan fingerprint density at radius 3 is 2.70 bits per heavy atom. The molecule has 2 aromatic rings. The fourth-order valence-corrected chi connectivity index (χ4v) is 2.81. The van der Waals surface area contributed by atoms with Crippen LogP contribution in [0.25, 0.3) is 11.3 Å². The van der Waals surface area contributed by atoms with Crippen LogP contribution in [0.15, 0.2) is 34.9 Å². The first-order valence-corrected chi connectivity index (χ1v) is 9.49. The van der Waals surface area contributed by atoms with Crippen LogP contribution in [-0.2, 0) is 20.7 Å². The van der Waals surface area contributed by atoms with Crippen LogP contribution in [0.3, 0.4) is 0 Å². The second-order valence-electron chi connectivity index (χ2n) is 6.28. The fraction of sp³-hybridized carbons (Fsp3) is 0.450. The van der Waals surface area contributed by atoms with E-state index in [1.54, 1.807) is 19.2 Å². The third kappa shape index (κ3) is 5.82. The number of hydrogen-bond donors (Lipinski definition) is 1. The van der Waals surface area contributed by atoms with Gasteiger partial charge < -0.3 is 14.5 Å². The first-order valence-electron chi connectivity index (χ1n) is 9.11. The number of aromatic nitrogens is 1. The lowest BCUT2D eigenvalue weighted by molar-refractivity contribution is -0.149. The van der Waals surface area contributed by atoms with Gasteiger partial charge in [-0.15, -0.1) is 0 Å². The minimum absolute atomic E-state index is 0.0124. The summed E-state index contributed by atoms with van der Waals surface area (Å²) >= 11 is 6.16. The van der Waals surface area contributed by atoms with Crippen LogP contribution in [-0.4, -0.2) is 29.5 Å². The van der Waals surface area contributed by atoms with Crippen molar-refractivity contribution < 1.29 is 18.7 Å². The van der Waals surface area contributed by atoms with Crippen molar-refractivity contribution in [2.24, 2.45) is 5.92 Å². The number of carbonyl (C=O) groups excluding carboxylic acids is 2. The van der Waals surface area contributed by atoms with Gasteiger partial charge in [-0.3, -0.25) is 4.79 Å². The normalized spacial score (nSPS) is 13.0. The largest absolute Gasteiger partial charge is 0.464 e. The zero-order chi connectivity index (χ0) is 19.8. The highest BCUT2D eigenvalue weighted by Crippen LogP contribution is 2.28. The Balaban J connectivity index is 1.95. The number of esters is 1. The predicted molar refractivity (Wildman–Crippen MR) is 103 cm³/mol. The van der Waals surface area contributed by atoms with E-state index in [-0.39, 0.29) is 24.9 Å². The number of ether oxygens (including phenoxy) is 1. The maximum absolute atomic E-state index is 12.3. The molecule has 0 aliphatic heterocycles. The van der Waals surface area contributed by atoms with Crippen LogP contribution in [0.1, 0.15) is 39.5 Å². The van der Waals surface area contributed by atoms with Crippen molar-refractivity contribution in [1.29, 1.82) is 0 Å². The summed E-state index contributed by atoms with van der Waals surface area (Å²) in [6, 6.07) is 6.67. The summed E-state index contributed by atoms with van der Waals surface area (Å²) in [7, 11) is 0. The molecule has 0 radical (unpaired) electrons. The number of hydrogen-bond acceptors (Lipinski definition) is 5. The molecule has 0 unspecified atom stereocenters. The van der Waals surface area contributed by atoms with Crippen molar-refractivity contribution in [3.05, 3.63) is 41.4 Å². The Kier molecular flexibility index (Phi) is 7.85. The van der Waals surface area contributed by atoms with Crippen molar-refractivity contribution >= 4 is 23.5 Å². The van der Waals surface area contributed by atoms with E-state index in [0.717, 1.165) is 12.0 Å². The van der Waals surface area contributed by atoms with Crippen LogP contribution in [0, 0.1) is 5.92 Å². The van der Waals surface area contributed by atoms with Crippen molar-refractivity contribution in [2.75, 3.05) is 6.61 Å². The van der Waals surface area contributed by atoms with Gasteiger partial charge in [0.2, 0.25) is 5.91 Å². The maximum atomic E-state index is 12.3. The zero-order valence-electron chi connectivity index (χ0n) is 15.8.